The SMILES string of the molecule is Cc1cc(F)ccc1C(N)COCC(F)(F)F. The normalized spacial score (nSPS) is 13.8. The van der Waals surface area contributed by atoms with Gasteiger partial charge in [-0.1, -0.05) is 6.07 Å². The Kier molecular flexibility index (Phi) is 4.47. The second-order valence-electron chi connectivity index (χ2n) is 3.74. The van der Waals surface area contributed by atoms with Gasteiger partial charge in [0.15, 0.2) is 0 Å². The molecule has 2 nitrogen and oxygen atoms in total. The molecule has 6 heteroatoms. The highest BCUT2D eigenvalue weighted by atomic mass is 19.4. The Hall–Kier alpha value is -1.14. The van der Waals surface area contributed by atoms with Crippen molar-refractivity contribution in [3.63, 3.8) is 0 Å². The van der Waals surface area contributed by atoms with Gasteiger partial charge in [-0.3, -0.25) is 0 Å². The van der Waals surface area contributed by atoms with Crippen molar-refractivity contribution in [2.75, 3.05) is 13.2 Å². The summed E-state index contributed by atoms with van der Waals surface area (Å²) in [6.45, 7) is 0.0506. The van der Waals surface area contributed by atoms with Crippen molar-refractivity contribution < 1.29 is 22.3 Å². The molecule has 1 aromatic rings. The first kappa shape index (κ1) is 13.9. The van der Waals surface area contributed by atoms with E-state index in [4.69, 9.17) is 5.73 Å². The minimum atomic E-state index is -4.36. The predicted octanol–water partition coefficient (Wildman–Crippen LogP) is 2.71. The lowest BCUT2D eigenvalue weighted by molar-refractivity contribution is -0.174. The van der Waals surface area contributed by atoms with E-state index in [1.165, 1.54) is 18.2 Å². The summed E-state index contributed by atoms with van der Waals surface area (Å²) in [5, 5.41) is 0. The summed E-state index contributed by atoms with van der Waals surface area (Å²) >= 11 is 0. The predicted molar refractivity (Wildman–Crippen MR) is 54.9 cm³/mol. The molecule has 0 radical (unpaired) electrons. The lowest BCUT2D eigenvalue weighted by Crippen LogP contribution is -2.23. The van der Waals surface area contributed by atoms with Gasteiger partial charge >= 0.3 is 6.18 Å². The molecule has 0 aromatic heterocycles. The molecule has 0 aliphatic rings. The van der Waals surface area contributed by atoms with Crippen LogP contribution in [-0.4, -0.2) is 19.4 Å². The van der Waals surface area contributed by atoms with Gasteiger partial charge in [-0.15, -0.1) is 0 Å². The fraction of sp³-hybridized carbons (Fsp3) is 0.455. The number of halogens is 4. The number of ether oxygens (including phenoxy) is 1. The molecular formula is C11H13F4NO. The molecule has 2 N–H and O–H groups in total. The third-order valence-electron chi connectivity index (χ3n) is 2.19. The maximum Gasteiger partial charge on any atom is 0.411 e. The van der Waals surface area contributed by atoms with E-state index in [0.717, 1.165) is 0 Å². The smallest absolute Gasteiger partial charge is 0.370 e. The third-order valence-corrected chi connectivity index (χ3v) is 2.19. The number of rotatable bonds is 4. The van der Waals surface area contributed by atoms with Crippen molar-refractivity contribution >= 4 is 0 Å². The Labute approximate surface area is 96.4 Å². The Morgan fingerprint density at radius 2 is 2.00 bits per heavy atom. The van der Waals surface area contributed by atoms with Crippen LogP contribution in [0.3, 0.4) is 0 Å². The molecule has 96 valence electrons. The topological polar surface area (TPSA) is 35.2 Å². The van der Waals surface area contributed by atoms with Crippen LogP contribution in [0.4, 0.5) is 17.6 Å². The number of hydrogen-bond acceptors (Lipinski definition) is 2. The number of aryl methyl sites for hydroxylation is 1. The first-order valence-electron chi connectivity index (χ1n) is 4.96. The van der Waals surface area contributed by atoms with Gasteiger partial charge in [0.2, 0.25) is 0 Å². The Morgan fingerprint density at radius 3 is 2.53 bits per heavy atom. The van der Waals surface area contributed by atoms with Crippen molar-refractivity contribution in [1.29, 1.82) is 0 Å². The number of alkyl halides is 3. The highest BCUT2D eigenvalue weighted by molar-refractivity contribution is 5.29. The van der Waals surface area contributed by atoms with Gasteiger partial charge in [-0.2, -0.15) is 13.2 Å². The molecule has 0 aliphatic carbocycles. The summed E-state index contributed by atoms with van der Waals surface area (Å²) in [7, 11) is 0. The summed E-state index contributed by atoms with van der Waals surface area (Å²) in [6, 6.07) is 3.25. The Morgan fingerprint density at radius 1 is 1.35 bits per heavy atom. The van der Waals surface area contributed by atoms with Gasteiger partial charge in [0.05, 0.1) is 12.6 Å². The number of hydrogen-bond donors (Lipinski definition) is 1. The first-order chi connectivity index (χ1) is 7.79. The molecule has 17 heavy (non-hydrogen) atoms. The molecule has 0 fully saturated rings. The van der Waals surface area contributed by atoms with Crippen molar-refractivity contribution in [3.8, 4) is 0 Å². The van der Waals surface area contributed by atoms with Crippen molar-refractivity contribution in [3.05, 3.63) is 35.1 Å². The van der Waals surface area contributed by atoms with Crippen LogP contribution in [-0.2, 0) is 4.74 Å². The van der Waals surface area contributed by atoms with Crippen LogP contribution in [0.5, 0.6) is 0 Å². The maximum atomic E-state index is 12.8. The molecule has 1 unspecified atom stereocenters. The first-order valence-corrected chi connectivity index (χ1v) is 4.96. The Balaban J connectivity index is 2.55. The standard InChI is InChI=1S/C11H13F4NO/c1-7-4-8(12)2-3-9(7)10(16)5-17-6-11(13,14)15/h2-4,10H,5-6,16H2,1H3. The van der Waals surface area contributed by atoms with E-state index in [1.54, 1.807) is 6.92 Å². The molecule has 0 saturated heterocycles. The van der Waals surface area contributed by atoms with Gasteiger partial charge in [0.1, 0.15) is 12.4 Å². The highest BCUT2D eigenvalue weighted by Crippen LogP contribution is 2.19. The molecular weight excluding hydrogens is 238 g/mol. The minimum Gasteiger partial charge on any atom is -0.370 e. The van der Waals surface area contributed by atoms with E-state index in [9.17, 15) is 17.6 Å². The van der Waals surface area contributed by atoms with Gasteiger partial charge in [0, 0.05) is 0 Å². The van der Waals surface area contributed by atoms with Gasteiger partial charge in [-0.25, -0.2) is 4.39 Å². The summed E-state index contributed by atoms with van der Waals surface area (Å²) in [6.07, 6.45) is -4.36. The highest BCUT2D eigenvalue weighted by Gasteiger charge is 2.27. The average molecular weight is 251 g/mol. The van der Waals surface area contributed by atoms with Crippen LogP contribution in [0, 0.1) is 12.7 Å². The fourth-order valence-electron chi connectivity index (χ4n) is 1.45. The maximum absolute atomic E-state index is 12.8. The largest absolute Gasteiger partial charge is 0.411 e. The zero-order valence-electron chi connectivity index (χ0n) is 9.22. The zero-order chi connectivity index (χ0) is 13.1. The van der Waals surface area contributed by atoms with E-state index in [0.29, 0.717) is 11.1 Å². The summed E-state index contributed by atoms with van der Waals surface area (Å²) < 4.78 is 52.7. The van der Waals surface area contributed by atoms with Gasteiger partial charge < -0.3 is 10.5 Å². The van der Waals surface area contributed by atoms with Crippen LogP contribution in [0.1, 0.15) is 17.2 Å². The molecule has 0 bridgehead atoms. The minimum absolute atomic E-state index is 0.258. The van der Waals surface area contributed by atoms with Crippen LogP contribution in [0.15, 0.2) is 18.2 Å². The number of nitrogens with two attached hydrogens (primary N) is 1. The molecule has 0 saturated carbocycles. The quantitative estimate of drug-likeness (QED) is 0.835. The average Bonchev–Trinajstić information content (AvgIpc) is 2.15. The molecule has 0 aliphatic heterocycles. The van der Waals surface area contributed by atoms with E-state index in [-0.39, 0.29) is 6.61 Å². The molecule has 0 spiro atoms. The zero-order valence-corrected chi connectivity index (χ0v) is 9.22. The fourth-order valence-corrected chi connectivity index (χ4v) is 1.45. The summed E-state index contributed by atoms with van der Waals surface area (Å²) in [5.41, 5.74) is 6.83. The van der Waals surface area contributed by atoms with Crippen LogP contribution < -0.4 is 5.73 Å². The molecule has 1 rings (SSSR count). The molecule has 0 amide bonds. The lowest BCUT2D eigenvalue weighted by atomic mass is 10.0. The second-order valence-corrected chi connectivity index (χ2v) is 3.74. The van der Waals surface area contributed by atoms with E-state index in [1.807, 2.05) is 0 Å². The van der Waals surface area contributed by atoms with Gasteiger partial charge in [-0.05, 0) is 30.2 Å². The third kappa shape index (κ3) is 4.70. The van der Waals surface area contributed by atoms with E-state index < -0.39 is 24.6 Å². The van der Waals surface area contributed by atoms with E-state index in [2.05, 4.69) is 4.74 Å². The Bertz CT molecular complexity index is 378. The van der Waals surface area contributed by atoms with Crippen LogP contribution in [0.2, 0.25) is 0 Å². The van der Waals surface area contributed by atoms with Gasteiger partial charge in [0.25, 0.3) is 0 Å². The molecule has 1 atom stereocenters. The second kappa shape index (κ2) is 5.46. The van der Waals surface area contributed by atoms with Crippen LogP contribution >= 0.6 is 0 Å². The van der Waals surface area contributed by atoms with Crippen LogP contribution in [0.25, 0.3) is 0 Å². The summed E-state index contributed by atoms with van der Waals surface area (Å²) in [5.74, 6) is -0.408. The van der Waals surface area contributed by atoms with E-state index >= 15 is 0 Å². The van der Waals surface area contributed by atoms with Crippen molar-refractivity contribution in [1.82, 2.24) is 0 Å². The van der Waals surface area contributed by atoms with Crippen molar-refractivity contribution in [2.24, 2.45) is 5.73 Å². The lowest BCUT2D eigenvalue weighted by Gasteiger charge is -2.15. The summed E-state index contributed by atoms with van der Waals surface area (Å²) in [4.78, 5) is 0. The molecule has 1 aromatic carbocycles. The molecule has 0 heterocycles. The monoisotopic (exact) mass is 251 g/mol. The van der Waals surface area contributed by atoms with Crippen molar-refractivity contribution in [2.45, 2.75) is 19.1 Å². The number of benzene rings is 1.